The quantitative estimate of drug-likeness (QED) is 0.313. The fourth-order valence-corrected chi connectivity index (χ4v) is 6.31. The summed E-state index contributed by atoms with van der Waals surface area (Å²) in [7, 11) is 0. The fraction of sp³-hybridized carbons (Fsp3) is 0.950. The molecule has 12 heteroatoms. The standard InChI is InChI=1S/C20H35ClF2N8O/c21-12-7-26-18-16(17(24)28-31(18)9-12)19(32)27-14-8-25-4-1-15(14)29-5-2-13(3-6-29)30-10-20(22,23)11-30/h12-18,25-26,28H,1-11,24H2,(H,27,32). The Morgan fingerprint density at radius 1 is 1.12 bits per heavy atom. The van der Waals surface area contributed by atoms with Crippen LogP contribution in [0.15, 0.2) is 0 Å². The summed E-state index contributed by atoms with van der Waals surface area (Å²) in [5.41, 5.74) is 9.45. The molecule has 6 unspecified atom stereocenters. The van der Waals surface area contributed by atoms with Crippen LogP contribution in [0, 0.1) is 5.92 Å². The van der Waals surface area contributed by atoms with E-state index >= 15 is 0 Å². The summed E-state index contributed by atoms with van der Waals surface area (Å²) < 4.78 is 26.5. The van der Waals surface area contributed by atoms with Gasteiger partial charge in [-0.2, -0.15) is 0 Å². The zero-order valence-corrected chi connectivity index (χ0v) is 19.0. The van der Waals surface area contributed by atoms with Gasteiger partial charge in [-0.25, -0.2) is 19.2 Å². The van der Waals surface area contributed by atoms with Crippen LogP contribution in [-0.4, -0.2) is 115 Å². The van der Waals surface area contributed by atoms with Crippen LogP contribution < -0.4 is 27.1 Å². The highest BCUT2D eigenvalue weighted by Gasteiger charge is 2.49. The third kappa shape index (κ3) is 4.63. The smallest absolute Gasteiger partial charge is 0.272 e. The average Bonchev–Trinajstić information content (AvgIpc) is 3.07. The van der Waals surface area contributed by atoms with Gasteiger partial charge in [0.15, 0.2) is 0 Å². The van der Waals surface area contributed by atoms with Crippen molar-refractivity contribution >= 4 is 17.5 Å². The first-order valence-electron chi connectivity index (χ1n) is 11.8. The van der Waals surface area contributed by atoms with Crippen LogP contribution in [0.4, 0.5) is 8.78 Å². The number of fused-ring (bicyclic) bond motifs is 1. The highest BCUT2D eigenvalue weighted by atomic mass is 35.5. The van der Waals surface area contributed by atoms with Crippen LogP contribution in [0.1, 0.15) is 19.3 Å². The molecule has 5 fully saturated rings. The summed E-state index contributed by atoms with van der Waals surface area (Å²) in [6.07, 6.45) is 2.13. The van der Waals surface area contributed by atoms with Crippen molar-refractivity contribution in [2.24, 2.45) is 11.7 Å². The second-order valence-electron chi connectivity index (χ2n) is 9.99. The zero-order valence-electron chi connectivity index (χ0n) is 18.3. The van der Waals surface area contributed by atoms with E-state index in [-0.39, 0.29) is 48.7 Å². The third-order valence-electron chi connectivity index (χ3n) is 7.75. The summed E-state index contributed by atoms with van der Waals surface area (Å²) >= 11 is 6.24. The maximum absolute atomic E-state index is 13.3. The number of hydrazine groups is 1. The molecule has 9 nitrogen and oxygen atoms in total. The van der Waals surface area contributed by atoms with Gasteiger partial charge in [-0.1, -0.05) is 0 Å². The molecule has 0 aliphatic carbocycles. The number of piperidine rings is 2. The van der Waals surface area contributed by atoms with Gasteiger partial charge >= 0.3 is 0 Å². The molecule has 0 bridgehead atoms. The van der Waals surface area contributed by atoms with Gasteiger partial charge in [-0.3, -0.25) is 19.9 Å². The molecule has 0 saturated carbocycles. The first-order valence-corrected chi connectivity index (χ1v) is 12.3. The second kappa shape index (κ2) is 9.18. The number of carbonyl (C=O) groups excluding carboxylic acids is 1. The number of likely N-dealkylation sites (tertiary alicyclic amines) is 2. The number of rotatable bonds is 4. The number of halogens is 3. The summed E-state index contributed by atoms with van der Waals surface area (Å²) in [4.78, 5) is 17.6. The van der Waals surface area contributed by atoms with E-state index in [4.69, 9.17) is 17.3 Å². The maximum Gasteiger partial charge on any atom is 0.272 e. The first-order chi connectivity index (χ1) is 15.3. The molecule has 6 N–H and O–H groups in total. The summed E-state index contributed by atoms with van der Waals surface area (Å²) in [6, 6.07) is 0.483. The van der Waals surface area contributed by atoms with Crippen molar-refractivity contribution in [3.8, 4) is 0 Å². The highest BCUT2D eigenvalue weighted by Crippen LogP contribution is 2.32. The lowest BCUT2D eigenvalue weighted by molar-refractivity contribution is -0.152. The molecule has 0 radical (unpaired) electrons. The molecule has 0 aromatic carbocycles. The van der Waals surface area contributed by atoms with Gasteiger partial charge < -0.3 is 16.4 Å². The maximum atomic E-state index is 13.3. The van der Waals surface area contributed by atoms with Crippen molar-refractivity contribution in [3.63, 3.8) is 0 Å². The van der Waals surface area contributed by atoms with Crippen molar-refractivity contribution in [1.82, 2.24) is 36.2 Å². The topological polar surface area (TPSA) is 101 Å². The van der Waals surface area contributed by atoms with E-state index in [1.807, 2.05) is 9.91 Å². The van der Waals surface area contributed by atoms with Gasteiger partial charge in [0.25, 0.3) is 5.92 Å². The molecule has 5 rings (SSSR count). The predicted molar refractivity (Wildman–Crippen MR) is 117 cm³/mol. The van der Waals surface area contributed by atoms with Crippen molar-refractivity contribution < 1.29 is 13.6 Å². The molecule has 0 aromatic heterocycles. The van der Waals surface area contributed by atoms with Crippen LogP contribution in [0.3, 0.4) is 0 Å². The number of hydrogen-bond donors (Lipinski definition) is 5. The Kier molecular flexibility index (Phi) is 6.63. The fourth-order valence-electron chi connectivity index (χ4n) is 6.08. The lowest BCUT2D eigenvalue weighted by atomic mass is 9.92. The van der Waals surface area contributed by atoms with E-state index in [2.05, 4.69) is 26.3 Å². The van der Waals surface area contributed by atoms with Crippen molar-refractivity contribution in [1.29, 1.82) is 0 Å². The number of nitrogens with zero attached hydrogens (tertiary/aromatic N) is 3. The minimum atomic E-state index is -2.51. The Labute approximate surface area is 192 Å². The Balaban J connectivity index is 1.17. The van der Waals surface area contributed by atoms with Gasteiger partial charge in [-0.05, 0) is 25.8 Å². The van der Waals surface area contributed by atoms with Crippen molar-refractivity contribution in [3.05, 3.63) is 0 Å². The van der Waals surface area contributed by atoms with Crippen molar-refractivity contribution in [2.45, 2.75) is 61.0 Å². The van der Waals surface area contributed by atoms with Crippen LogP contribution in [0.25, 0.3) is 0 Å². The minimum Gasteiger partial charge on any atom is -0.350 e. The average molecular weight is 477 g/mol. The van der Waals surface area contributed by atoms with Crippen LogP contribution in [0.2, 0.25) is 0 Å². The Hall–Kier alpha value is -0.660. The van der Waals surface area contributed by atoms with Crippen LogP contribution >= 0.6 is 11.6 Å². The van der Waals surface area contributed by atoms with E-state index in [0.29, 0.717) is 13.1 Å². The first kappa shape index (κ1) is 23.1. The Bertz CT molecular complexity index is 689. The third-order valence-corrected chi connectivity index (χ3v) is 8.04. The van der Waals surface area contributed by atoms with Crippen molar-refractivity contribution in [2.75, 3.05) is 52.4 Å². The molecular weight excluding hydrogens is 442 g/mol. The summed E-state index contributed by atoms with van der Waals surface area (Å²) in [6.45, 7) is 4.47. The van der Waals surface area contributed by atoms with E-state index in [0.717, 1.165) is 45.4 Å². The molecule has 5 saturated heterocycles. The van der Waals surface area contributed by atoms with E-state index in [1.165, 1.54) is 0 Å². The highest BCUT2D eigenvalue weighted by molar-refractivity contribution is 6.21. The molecule has 0 aromatic rings. The SMILES string of the molecule is NC1NN2CC(Cl)CNC2C1C(=O)NC1CNCCC1N1CCC(N2CC(F)(F)C2)CC1. The molecule has 182 valence electrons. The van der Waals surface area contributed by atoms with E-state index < -0.39 is 18.0 Å². The lowest BCUT2D eigenvalue weighted by Crippen LogP contribution is -2.65. The summed E-state index contributed by atoms with van der Waals surface area (Å²) in [5, 5.41) is 11.9. The lowest BCUT2D eigenvalue weighted by Gasteiger charge is -2.49. The predicted octanol–water partition coefficient (Wildman–Crippen LogP) is -1.49. The molecule has 5 aliphatic heterocycles. The Morgan fingerprint density at radius 3 is 2.59 bits per heavy atom. The second-order valence-corrected chi connectivity index (χ2v) is 10.6. The van der Waals surface area contributed by atoms with Gasteiger partial charge in [0, 0.05) is 44.8 Å². The van der Waals surface area contributed by atoms with E-state index in [9.17, 15) is 13.6 Å². The van der Waals surface area contributed by atoms with Crippen LogP contribution in [0.5, 0.6) is 0 Å². The number of nitrogens with one attached hydrogen (secondary N) is 4. The minimum absolute atomic E-state index is 0.00763. The molecule has 5 heterocycles. The largest absolute Gasteiger partial charge is 0.350 e. The number of hydrogen-bond acceptors (Lipinski definition) is 8. The normalized spacial score (nSPS) is 41.8. The monoisotopic (exact) mass is 476 g/mol. The molecule has 6 atom stereocenters. The molecule has 0 spiro atoms. The number of amides is 1. The van der Waals surface area contributed by atoms with Gasteiger partial charge in [0.05, 0.1) is 42.8 Å². The molecular formula is C20H35ClF2N8O. The number of nitrogens with two attached hydrogens (primary N) is 1. The number of alkyl halides is 3. The van der Waals surface area contributed by atoms with E-state index in [1.54, 1.807) is 0 Å². The molecule has 5 aliphatic rings. The summed E-state index contributed by atoms with van der Waals surface area (Å²) in [5.74, 6) is -2.96. The molecule has 1 amide bonds. The van der Waals surface area contributed by atoms with Gasteiger partial charge in [0.1, 0.15) is 0 Å². The van der Waals surface area contributed by atoms with Crippen LogP contribution in [-0.2, 0) is 4.79 Å². The zero-order chi connectivity index (χ0) is 22.5. The number of carbonyl (C=O) groups is 1. The van der Waals surface area contributed by atoms with Gasteiger partial charge in [-0.15, -0.1) is 11.6 Å². The molecule has 32 heavy (non-hydrogen) atoms. The van der Waals surface area contributed by atoms with Gasteiger partial charge in [0.2, 0.25) is 5.91 Å². The Morgan fingerprint density at radius 2 is 1.88 bits per heavy atom.